The average Bonchev–Trinajstić information content (AvgIpc) is 2.68. The third-order valence-electron chi connectivity index (χ3n) is 4.39. The highest BCUT2D eigenvalue weighted by Crippen LogP contribution is 2.30. The zero-order chi connectivity index (χ0) is 21.8. The molecule has 0 fully saturated rings. The van der Waals surface area contributed by atoms with Gasteiger partial charge in [-0.3, -0.25) is 14.5 Å². The summed E-state index contributed by atoms with van der Waals surface area (Å²) in [5.74, 6) is -0.181. The van der Waals surface area contributed by atoms with Crippen LogP contribution in [0, 0.1) is 6.92 Å². The average molecular weight is 463 g/mol. The Morgan fingerprint density at radius 1 is 1.00 bits per heavy atom. The van der Waals surface area contributed by atoms with Crippen molar-refractivity contribution in [3.8, 4) is 0 Å². The van der Waals surface area contributed by atoms with Crippen molar-refractivity contribution in [2.75, 3.05) is 10.2 Å². The summed E-state index contributed by atoms with van der Waals surface area (Å²) in [5, 5.41) is 4.18. The van der Waals surface area contributed by atoms with Crippen molar-refractivity contribution in [3.05, 3.63) is 80.9 Å². The van der Waals surface area contributed by atoms with Crippen molar-refractivity contribution in [3.63, 3.8) is 0 Å². The Morgan fingerprint density at radius 2 is 1.70 bits per heavy atom. The fraction of sp³-hybridized carbons (Fsp3) is 0.136. The van der Waals surface area contributed by atoms with Gasteiger partial charge >= 0.3 is 0 Å². The first-order valence-electron chi connectivity index (χ1n) is 9.02. The van der Waals surface area contributed by atoms with Crippen LogP contribution >= 0.6 is 34.8 Å². The Balaban J connectivity index is 1.84. The van der Waals surface area contributed by atoms with Gasteiger partial charge in [0.15, 0.2) is 0 Å². The van der Waals surface area contributed by atoms with E-state index in [1.54, 1.807) is 42.5 Å². The molecule has 0 bridgehead atoms. The SMILES string of the molecule is CC(=O)N(c1ccc(C)c(Cl)c1)c1cc(NC(=O)Cc2c(Cl)cccc2Cl)ccn1. The molecule has 0 aliphatic rings. The van der Waals surface area contributed by atoms with Crippen LogP contribution in [0.3, 0.4) is 0 Å². The van der Waals surface area contributed by atoms with Crippen LogP contribution in [0.4, 0.5) is 17.2 Å². The second kappa shape index (κ2) is 9.47. The Hall–Kier alpha value is -2.60. The molecule has 0 saturated heterocycles. The molecular formula is C22H18Cl3N3O2. The van der Waals surface area contributed by atoms with Gasteiger partial charge in [-0.15, -0.1) is 0 Å². The highest BCUT2D eigenvalue weighted by molar-refractivity contribution is 6.36. The number of carbonyl (C=O) groups is 2. The number of hydrogen-bond acceptors (Lipinski definition) is 3. The topological polar surface area (TPSA) is 62.3 Å². The highest BCUT2D eigenvalue weighted by atomic mass is 35.5. The number of pyridine rings is 1. The van der Waals surface area contributed by atoms with Crippen molar-refractivity contribution in [2.24, 2.45) is 0 Å². The maximum atomic E-state index is 12.5. The van der Waals surface area contributed by atoms with E-state index < -0.39 is 0 Å². The summed E-state index contributed by atoms with van der Waals surface area (Å²) in [5.41, 5.74) is 2.51. The van der Waals surface area contributed by atoms with Crippen LogP contribution in [-0.4, -0.2) is 16.8 Å². The molecule has 2 amide bonds. The summed E-state index contributed by atoms with van der Waals surface area (Å²) in [6.07, 6.45) is 1.53. The van der Waals surface area contributed by atoms with Gasteiger partial charge in [-0.05, 0) is 48.4 Å². The first-order valence-corrected chi connectivity index (χ1v) is 10.2. The van der Waals surface area contributed by atoms with Gasteiger partial charge in [0.25, 0.3) is 0 Å². The molecule has 0 spiro atoms. The van der Waals surface area contributed by atoms with Crippen molar-refractivity contribution in [2.45, 2.75) is 20.3 Å². The van der Waals surface area contributed by atoms with Gasteiger partial charge in [-0.1, -0.05) is 46.9 Å². The monoisotopic (exact) mass is 461 g/mol. The highest BCUT2D eigenvalue weighted by Gasteiger charge is 2.18. The fourth-order valence-corrected chi connectivity index (χ4v) is 3.59. The molecule has 8 heteroatoms. The van der Waals surface area contributed by atoms with Crippen LogP contribution in [0.2, 0.25) is 15.1 Å². The van der Waals surface area contributed by atoms with E-state index in [0.29, 0.717) is 37.8 Å². The molecule has 1 heterocycles. The number of amides is 2. The number of rotatable bonds is 5. The summed E-state index contributed by atoms with van der Waals surface area (Å²) in [6.45, 7) is 3.31. The largest absolute Gasteiger partial charge is 0.326 e. The number of halogens is 3. The second-order valence-electron chi connectivity index (χ2n) is 6.62. The Morgan fingerprint density at radius 3 is 2.33 bits per heavy atom. The van der Waals surface area contributed by atoms with E-state index in [-0.39, 0.29) is 18.2 Å². The predicted octanol–water partition coefficient (Wildman–Crippen LogP) is 6.22. The minimum Gasteiger partial charge on any atom is -0.326 e. The number of hydrogen-bond donors (Lipinski definition) is 1. The van der Waals surface area contributed by atoms with E-state index in [0.717, 1.165) is 5.56 Å². The second-order valence-corrected chi connectivity index (χ2v) is 7.84. The molecule has 30 heavy (non-hydrogen) atoms. The van der Waals surface area contributed by atoms with Crippen molar-refractivity contribution >= 4 is 63.8 Å². The van der Waals surface area contributed by atoms with Crippen LogP contribution in [0.5, 0.6) is 0 Å². The van der Waals surface area contributed by atoms with Gasteiger partial charge in [0.1, 0.15) is 5.82 Å². The number of aryl methyl sites for hydroxylation is 1. The molecule has 1 aromatic heterocycles. The summed E-state index contributed by atoms with van der Waals surface area (Å²) >= 11 is 18.5. The van der Waals surface area contributed by atoms with E-state index in [4.69, 9.17) is 34.8 Å². The predicted molar refractivity (Wildman–Crippen MR) is 122 cm³/mol. The minimum absolute atomic E-state index is 0.0140. The lowest BCUT2D eigenvalue weighted by Gasteiger charge is -2.21. The molecule has 0 aliphatic carbocycles. The zero-order valence-electron chi connectivity index (χ0n) is 16.2. The van der Waals surface area contributed by atoms with Gasteiger partial charge < -0.3 is 5.32 Å². The van der Waals surface area contributed by atoms with Crippen LogP contribution in [0.1, 0.15) is 18.1 Å². The van der Waals surface area contributed by atoms with E-state index in [1.165, 1.54) is 18.0 Å². The lowest BCUT2D eigenvalue weighted by Crippen LogP contribution is -2.24. The van der Waals surface area contributed by atoms with E-state index in [2.05, 4.69) is 10.3 Å². The summed E-state index contributed by atoms with van der Waals surface area (Å²) < 4.78 is 0. The van der Waals surface area contributed by atoms with Crippen molar-refractivity contribution in [1.82, 2.24) is 4.98 Å². The van der Waals surface area contributed by atoms with Crippen LogP contribution in [-0.2, 0) is 16.0 Å². The standard InChI is InChI=1S/C22H18Cl3N3O2/c1-13-6-7-16(11-20(13)25)28(14(2)29)21-10-15(8-9-26-21)27-22(30)12-17-18(23)4-3-5-19(17)24/h3-11H,12H2,1-2H3,(H,26,27,30). The molecule has 1 N–H and O–H groups in total. The molecule has 5 nitrogen and oxygen atoms in total. The summed E-state index contributed by atoms with van der Waals surface area (Å²) in [7, 11) is 0. The molecule has 0 unspecified atom stereocenters. The lowest BCUT2D eigenvalue weighted by atomic mass is 10.1. The molecule has 0 atom stereocenters. The molecule has 154 valence electrons. The lowest BCUT2D eigenvalue weighted by molar-refractivity contribution is -0.116. The zero-order valence-corrected chi connectivity index (χ0v) is 18.5. The van der Waals surface area contributed by atoms with Crippen molar-refractivity contribution < 1.29 is 9.59 Å². The molecule has 0 aliphatic heterocycles. The molecule has 3 aromatic rings. The number of benzene rings is 2. The van der Waals surface area contributed by atoms with Gasteiger partial charge in [-0.25, -0.2) is 4.98 Å². The Labute approximate surface area is 189 Å². The molecule has 0 saturated carbocycles. The van der Waals surface area contributed by atoms with Gasteiger partial charge in [0.05, 0.1) is 12.1 Å². The van der Waals surface area contributed by atoms with Gasteiger partial charge in [-0.2, -0.15) is 0 Å². The minimum atomic E-state index is -0.296. The van der Waals surface area contributed by atoms with E-state index in [1.807, 2.05) is 13.0 Å². The Kier molecular flexibility index (Phi) is 6.98. The molecular weight excluding hydrogens is 445 g/mol. The van der Waals surface area contributed by atoms with Crippen LogP contribution in [0.25, 0.3) is 0 Å². The van der Waals surface area contributed by atoms with Crippen molar-refractivity contribution in [1.29, 1.82) is 0 Å². The quantitative estimate of drug-likeness (QED) is 0.490. The first kappa shape index (κ1) is 22.1. The van der Waals surface area contributed by atoms with Crippen LogP contribution in [0.15, 0.2) is 54.7 Å². The maximum Gasteiger partial charge on any atom is 0.229 e. The number of nitrogens with one attached hydrogen (secondary N) is 1. The Bertz CT molecular complexity index is 1100. The number of aromatic nitrogens is 1. The number of carbonyl (C=O) groups excluding carboxylic acids is 2. The van der Waals surface area contributed by atoms with Gasteiger partial charge in [0, 0.05) is 39.9 Å². The first-order chi connectivity index (χ1) is 14.3. The number of nitrogens with zero attached hydrogens (tertiary/aromatic N) is 2. The molecule has 0 radical (unpaired) electrons. The number of anilines is 3. The van der Waals surface area contributed by atoms with E-state index in [9.17, 15) is 9.59 Å². The third-order valence-corrected chi connectivity index (χ3v) is 5.50. The fourth-order valence-electron chi connectivity index (χ4n) is 2.88. The smallest absolute Gasteiger partial charge is 0.229 e. The summed E-state index contributed by atoms with van der Waals surface area (Å²) in [6, 6.07) is 13.6. The van der Waals surface area contributed by atoms with Crippen LogP contribution < -0.4 is 10.2 Å². The normalized spacial score (nSPS) is 10.6. The molecule has 2 aromatic carbocycles. The van der Waals surface area contributed by atoms with Gasteiger partial charge in [0.2, 0.25) is 11.8 Å². The maximum absolute atomic E-state index is 12.5. The third kappa shape index (κ3) is 5.11. The summed E-state index contributed by atoms with van der Waals surface area (Å²) in [4.78, 5) is 30.5. The molecule has 3 rings (SSSR count). The van der Waals surface area contributed by atoms with E-state index >= 15 is 0 Å².